The smallest absolute Gasteiger partial charge is 0.256 e. The van der Waals surface area contributed by atoms with Crippen LogP contribution in [0.4, 0.5) is 0 Å². The van der Waals surface area contributed by atoms with Gasteiger partial charge >= 0.3 is 0 Å². The number of piperazine rings is 1. The van der Waals surface area contributed by atoms with Crippen LogP contribution >= 0.6 is 0 Å². The van der Waals surface area contributed by atoms with Crippen LogP contribution in [0.2, 0.25) is 0 Å². The fourth-order valence-electron chi connectivity index (χ4n) is 4.56. The minimum Gasteiger partial charge on any atom is -0.349 e. The number of para-hydroxylation sites is 1. The van der Waals surface area contributed by atoms with Crippen LogP contribution in [-0.2, 0) is 17.9 Å². The highest BCUT2D eigenvalue weighted by Crippen LogP contribution is 2.24. The summed E-state index contributed by atoms with van der Waals surface area (Å²) < 4.78 is 2.15. The Balaban J connectivity index is 1.20. The second-order valence-corrected chi connectivity index (χ2v) is 8.84. The second kappa shape index (κ2) is 10.5. The first-order valence-corrected chi connectivity index (χ1v) is 12.0. The van der Waals surface area contributed by atoms with Gasteiger partial charge in [-0.05, 0) is 23.8 Å². The van der Waals surface area contributed by atoms with Crippen molar-refractivity contribution in [3.63, 3.8) is 0 Å². The quantitative estimate of drug-likeness (QED) is 0.453. The molecule has 0 aliphatic carbocycles. The highest BCUT2D eigenvalue weighted by molar-refractivity contribution is 6.07. The molecule has 7 heteroatoms. The molecule has 4 aromatic rings. The maximum atomic E-state index is 13.5. The molecule has 1 N–H and O–H groups in total. The Morgan fingerprint density at radius 3 is 2.37 bits per heavy atom. The van der Waals surface area contributed by atoms with Crippen molar-refractivity contribution in [2.75, 3.05) is 32.7 Å². The zero-order valence-electron chi connectivity index (χ0n) is 19.6. The van der Waals surface area contributed by atoms with Crippen LogP contribution in [0.1, 0.15) is 21.6 Å². The lowest BCUT2D eigenvalue weighted by atomic mass is 10.1. The summed E-state index contributed by atoms with van der Waals surface area (Å²) in [7, 11) is 0. The van der Waals surface area contributed by atoms with E-state index in [1.54, 1.807) is 6.20 Å². The number of rotatable bonds is 7. The van der Waals surface area contributed by atoms with Crippen LogP contribution in [0.5, 0.6) is 0 Å². The van der Waals surface area contributed by atoms with E-state index in [1.165, 1.54) is 5.56 Å². The summed E-state index contributed by atoms with van der Waals surface area (Å²) in [6.45, 7) is 4.01. The summed E-state index contributed by atoms with van der Waals surface area (Å²) in [4.78, 5) is 34.1. The Kier molecular flexibility index (Phi) is 6.86. The molecular weight excluding hydrogens is 438 g/mol. The van der Waals surface area contributed by atoms with Crippen molar-refractivity contribution in [1.29, 1.82) is 0 Å². The molecule has 2 aromatic carbocycles. The topological polar surface area (TPSA) is 70.5 Å². The van der Waals surface area contributed by atoms with Crippen LogP contribution in [0, 0.1) is 0 Å². The zero-order valence-corrected chi connectivity index (χ0v) is 19.6. The lowest BCUT2D eigenvalue weighted by Gasteiger charge is -2.34. The van der Waals surface area contributed by atoms with E-state index < -0.39 is 0 Å². The van der Waals surface area contributed by atoms with Crippen LogP contribution in [0.25, 0.3) is 10.9 Å². The molecule has 3 heterocycles. The summed E-state index contributed by atoms with van der Waals surface area (Å²) >= 11 is 0. The molecular formula is C28H29N5O2. The van der Waals surface area contributed by atoms with Gasteiger partial charge in [-0.2, -0.15) is 0 Å². The monoisotopic (exact) mass is 467 g/mol. The Morgan fingerprint density at radius 2 is 1.60 bits per heavy atom. The fourth-order valence-corrected chi connectivity index (χ4v) is 4.56. The van der Waals surface area contributed by atoms with Gasteiger partial charge < -0.3 is 14.8 Å². The third-order valence-electron chi connectivity index (χ3n) is 6.43. The van der Waals surface area contributed by atoms with Crippen molar-refractivity contribution in [3.8, 4) is 0 Å². The number of benzene rings is 2. The van der Waals surface area contributed by atoms with Crippen LogP contribution in [0.15, 0.2) is 85.2 Å². The molecule has 1 aliphatic heterocycles. The van der Waals surface area contributed by atoms with Crippen LogP contribution < -0.4 is 5.32 Å². The van der Waals surface area contributed by atoms with Crippen LogP contribution in [0.3, 0.4) is 0 Å². The minimum atomic E-state index is -0.0283. The van der Waals surface area contributed by atoms with Crippen molar-refractivity contribution < 1.29 is 9.59 Å². The van der Waals surface area contributed by atoms with Crippen molar-refractivity contribution >= 4 is 22.7 Å². The summed E-state index contributed by atoms with van der Waals surface area (Å²) in [6.07, 6.45) is 3.70. The van der Waals surface area contributed by atoms with Crippen molar-refractivity contribution in [2.45, 2.75) is 13.1 Å². The molecule has 5 rings (SSSR count). The van der Waals surface area contributed by atoms with E-state index in [-0.39, 0.29) is 11.8 Å². The molecule has 0 saturated carbocycles. The van der Waals surface area contributed by atoms with E-state index in [4.69, 9.17) is 0 Å². The predicted octanol–water partition coefficient (Wildman–Crippen LogP) is 3.16. The fraction of sp³-hybridized carbons (Fsp3) is 0.250. The minimum absolute atomic E-state index is 0.0283. The SMILES string of the molecule is O=C(CN1CCN(C(=O)c2cn(Cc3ccccc3)c3ccccc23)CC1)NCc1ccccn1. The first-order chi connectivity index (χ1) is 17.2. The number of hydrogen-bond acceptors (Lipinski definition) is 4. The number of fused-ring (bicyclic) bond motifs is 1. The standard InChI is InChI=1S/C28H29N5O2/c34-27(30-18-23-10-6-7-13-29-23)21-31-14-16-32(17-15-31)28(35)25-20-33(19-22-8-2-1-3-9-22)26-12-5-4-11-24(25)26/h1-13,20H,14-19,21H2,(H,30,34). The van der Waals surface area contributed by atoms with Gasteiger partial charge in [-0.25, -0.2) is 0 Å². The second-order valence-electron chi connectivity index (χ2n) is 8.84. The third-order valence-corrected chi connectivity index (χ3v) is 6.43. The van der Waals surface area contributed by atoms with Gasteiger partial charge in [0.1, 0.15) is 0 Å². The molecule has 2 amide bonds. The van der Waals surface area contributed by atoms with Gasteiger partial charge in [0, 0.05) is 56.0 Å². The number of hydrogen-bond donors (Lipinski definition) is 1. The number of carbonyl (C=O) groups is 2. The molecule has 1 aliphatic rings. The number of nitrogens with one attached hydrogen (secondary N) is 1. The van der Waals surface area contributed by atoms with Gasteiger partial charge in [-0.1, -0.05) is 54.6 Å². The molecule has 0 atom stereocenters. The highest BCUT2D eigenvalue weighted by Gasteiger charge is 2.25. The molecule has 0 bridgehead atoms. The molecule has 0 spiro atoms. The van der Waals surface area contributed by atoms with Gasteiger partial charge in [0.25, 0.3) is 5.91 Å². The van der Waals surface area contributed by atoms with E-state index in [1.807, 2.05) is 65.7 Å². The maximum Gasteiger partial charge on any atom is 0.256 e. The Labute approximate surface area is 205 Å². The summed E-state index contributed by atoms with van der Waals surface area (Å²) in [5.74, 6) is 0.0201. The van der Waals surface area contributed by atoms with Crippen molar-refractivity contribution in [1.82, 2.24) is 24.7 Å². The van der Waals surface area contributed by atoms with Gasteiger partial charge in [-0.15, -0.1) is 0 Å². The van der Waals surface area contributed by atoms with Gasteiger partial charge in [0.05, 0.1) is 24.3 Å². The Morgan fingerprint density at radius 1 is 0.857 bits per heavy atom. The summed E-state index contributed by atoms with van der Waals surface area (Å²) in [6, 6.07) is 24.0. The largest absolute Gasteiger partial charge is 0.349 e. The molecule has 178 valence electrons. The molecule has 1 fully saturated rings. The maximum absolute atomic E-state index is 13.5. The third kappa shape index (κ3) is 5.41. The average molecular weight is 468 g/mol. The highest BCUT2D eigenvalue weighted by atomic mass is 16.2. The van der Waals surface area contributed by atoms with E-state index in [0.29, 0.717) is 39.3 Å². The normalized spacial score (nSPS) is 14.2. The first kappa shape index (κ1) is 22.8. The van der Waals surface area contributed by atoms with E-state index in [9.17, 15) is 9.59 Å². The number of pyridine rings is 1. The molecule has 7 nitrogen and oxygen atoms in total. The summed E-state index contributed by atoms with van der Waals surface area (Å²) in [5.41, 5.74) is 3.82. The molecule has 35 heavy (non-hydrogen) atoms. The number of amides is 2. The number of carbonyl (C=O) groups excluding carboxylic acids is 2. The lowest BCUT2D eigenvalue weighted by Crippen LogP contribution is -2.51. The number of aromatic nitrogens is 2. The Hall–Kier alpha value is -3.97. The lowest BCUT2D eigenvalue weighted by molar-refractivity contribution is -0.122. The van der Waals surface area contributed by atoms with Gasteiger partial charge in [0.2, 0.25) is 5.91 Å². The zero-order chi connectivity index (χ0) is 24.0. The molecule has 0 unspecified atom stereocenters. The molecule has 0 radical (unpaired) electrons. The summed E-state index contributed by atoms with van der Waals surface area (Å²) in [5, 5.41) is 3.90. The van der Waals surface area contributed by atoms with E-state index in [0.717, 1.165) is 28.7 Å². The van der Waals surface area contributed by atoms with Crippen LogP contribution in [-0.4, -0.2) is 63.9 Å². The van der Waals surface area contributed by atoms with Crippen molar-refractivity contribution in [3.05, 3.63) is 102 Å². The van der Waals surface area contributed by atoms with Gasteiger partial charge in [-0.3, -0.25) is 19.5 Å². The first-order valence-electron chi connectivity index (χ1n) is 12.0. The Bertz CT molecular complexity index is 1290. The van der Waals surface area contributed by atoms with Gasteiger partial charge in [0.15, 0.2) is 0 Å². The molecule has 2 aromatic heterocycles. The number of nitrogens with zero attached hydrogens (tertiary/aromatic N) is 4. The average Bonchev–Trinajstić information content (AvgIpc) is 3.27. The van der Waals surface area contributed by atoms with E-state index in [2.05, 4.69) is 38.0 Å². The van der Waals surface area contributed by atoms with E-state index >= 15 is 0 Å². The molecule has 1 saturated heterocycles. The van der Waals surface area contributed by atoms with Crippen molar-refractivity contribution in [2.24, 2.45) is 0 Å². The predicted molar refractivity (Wildman–Crippen MR) is 136 cm³/mol.